The molecule has 0 aromatic rings. The third-order valence-corrected chi connectivity index (χ3v) is 9.12. The Hall–Kier alpha value is -0.0900. The molecule has 0 bridgehead atoms. The van der Waals surface area contributed by atoms with Crippen molar-refractivity contribution in [1.82, 2.24) is 0 Å². The molecule has 0 amide bonds. The Kier molecular flexibility index (Phi) is 36.0. The van der Waals surface area contributed by atoms with Crippen LogP contribution in [0.3, 0.4) is 0 Å². The quantitative estimate of drug-likeness (QED) is 0.0391. The van der Waals surface area contributed by atoms with Crippen molar-refractivity contribution in [3.63, 3.8) is 0 Å². The molecular weight excluding hydrogens is 572 g/mol. The second kappa shape index (κ2) is 36.1. The first-order chi connectivity index (χ1) is 20.2. The number of unbranched alkanes of at least 4 members (excludes halogenated alkanes) is 27. The van der Waals surface area contributed by atoms with Crippen LogP contribution in [0.25, 0.3) is 0 Å². The normalized spacial score (nSPS) is 12.2. The summed E-state index contributed by atoms with van der Waals surface area (Å²) in [7, 11) is 0. The summed E-state index contributed by atoms with van der Waals surface area (Å²) in [4.78, 5) is 12.2. The van der Waals surface area contributed by atoms with Crippen molar-refractivity contribution in [3.8, 4) is 0 Å². The number of carbonyl (C=O) groups is 1. The molecule has 0 unspecified atom stereocenters. The maximum absolute atomic E-state index is 12.2. The highest BCUT2D eigenvalue weighted by atomic mass is 79.9. The van der Waals surface area contributed by atoms with Crippen LogP contribution in [0, 0.1) is 0 Å². The summed E-state index contributed by atoms with van der Waals surface area (Å²) >= 11 is 3.48. The largest absolute Gasteiger partial charge is 0.459 e. The van der Waals surface area contributed by atoms with Gasteiger partial charge in [-0.1, -0.05) is 203 Å². The van der Waals surface area contributed by atoms with Crippen LogP contribution >= 0.6 is 15.9 Å². The number of halogens is 1. The summed E-state index contributed by atoms with van der Waals surface area (Å²) in [5, 5.41) is 0.649. The van der Waals surface area contributed by atoms with Crippen LogP contribution in [0.15, 0.2) is 0 Å². The van der Waals surface area contributed by atoms with Gasteiger partial charge in [-0.25, -0.2) is 0 Å². The van der Waals surface area contributed by atoms with Crippen LogP contribution in [-0.4, -0.2) is 30.6 Å². The van der Waals surface area contributed by atoms with Gasteiger partial charge in [0.2, 0.25) is 0 Å². The van der Waals surface area contributed by atoms with Crippen LogP contribution < -0.4 is 0 Å². The number of rotatable bonds is 35. The van der Waals surface area contributed by atoms with E-state index in [1.807, 2.05) is 0 Å². The Morgan fingerprint density at radius 3 is 1.15 bits per heavy atom. The fourth-order valence-corrected chi connectivity index (χ4v) is 5.93. The summed E-state index contributed by atoms with van der Waals surface area (Å²) in [6.45, 7) is 5.86. The van der Waals surface area contributed by atoms with Gasteiger partial charge >= 0.3 is 5.97 Å². The van der Waals surface area contributed by atoms with Crippen molar-refractivity contribution in [1.29, 1.82) is 0 Å². The Labute approximate surface area is 266 Å². The number of esters is 1. The van der Waals surface area contributed by atoms with Crippen LogP contribution in [0.4, 0.5) is 0 Å². The molecule has 0 saturated carbocycles. The van der Waals surface area contributed by atoms with E-state index in [4.69, 9.17) is 9.47 Å². The molecule has 0 aliphatic carbocycles. The predicted octanol–water partition coefficient (Wildman–Crippen LogP) is 13.1. The van der Waals surface area contributed by atoms with Gasteiger partial charge in [0.25, 0.3) is 0 Å². The predicted molar refractivity (Wildman–Crippen MR) is 184 cm³/mol. The van der Waals surface area contributed by atoms with Gasteiger partial charge in [-0.05, 0) is 12.8 Å². The number of hydrogen-bond acceptors (Lipinski definition) is 3. The zero-order chi connectivity index (χ0) is 29.9. The Morgan fingerprint density at radius 2 is 0.805 bits per heavy atom. The second-order valence-corrected chi connectivity index (χ2v) is 13.3. The standard InChI is InChI=1S/C37H73BrO3/c1-3-5-7-9-11-13-15-17-19-20-22-24-26-28-30-32-37(39)41-36(34-38)35-40-33-31-29-27-25-23-21-18-16-14-12-10-8-6-4-2/h36H,3-35H2,1-2H3/t36-/m0/s1. The fourth-order valence-electron chi connectivity index (χ4n) is 5.61. The van der Waals surface area contributed by atoms with Crippen molar-refractivity contribution < 1.29 is 14.3 Å². The number of hydrogen-bond donors (Lipinski definition) is 0. The van der Waals surface area contributed by atoms with Crippen molar-refractivity contribution >= 4 is 21.9 Å². The van der Waals surface area contributed by atoms with Crippen LogP contribution in [0.5, 0.6) is 0 Å². The third-order valence-electron chi connectivity index (χ3n) is 8.40. The number of alkyl halides is 1. The summed E-state index contributed by atoms with van der Waals surface area (Å²) < 4.78 is 11.5. The van der Waals surface area contributed by atoms with Gasteiger partial charge in [0.15, 0.2) is 0 Å². The van der Waals surface area contributed by atoms with Gasteiger partial charge in [0.05, 0.1) is 6.61 Å². The summed E-state index contributed by atoms with van der Waals surface area (Å²) in [6.07, 6.45) is 39.7. The molecule has 0 radical (unpaired) electrons. The Balaban J connectivity index is 3.38. The highest BCUT2D eigenvalue weighted by Gasteiger charge is 2.13. The molecule has 0 aliphatic heterocycles. The second-order valence-electron chi connectivity index (χ2n) is 12.6. The maximum Gasteiger partial charge on any atom is 0.306 e. The van der Waals surface area contributed by atoms with Gasteiger partial charge in [-0.15, -0.1) is 0 Å². The van der Waals surface area contributed by atoms with Crippen LogP contribution in [0.2, 0.25) is 0 Å². The minimum absolute atomic E-state index is 0.0655. The van der Waals surface area contributed by atoms with Gasteiger partial charge in [0, 0.05) is 18.4 Å². The van der Waals surface area contributed by atoms with E-state index in [0.29, 0.717) is 18.4 Å². The van der Waals surface area contributed by atoms with E-state index in [1.54, 1.807) is 0 Å². The van der Waals surface area contributed by atoms with Crippen LogP contribution in [0.1, 0.15) is 206 Å². The van der Waals surface area contributed by atoms with Gasteiger partial charge in [-0.3, -0.25) is 4.79 Å². The highest BCUT2D eigenvalue weighted by Crippen LogP contribution is 2.15. The maximum atomic E-state index is 12.2. The molecule has 0 rings (SSSR count). The molecule has 41 heavy (non-hydrogen) atoms. The third kappa shape index (κ3) is 34.3. The SMILES string of the molecule is CCCCCCCCCCCCCCCCCC(=O)O[C@@H](CBr)COCCCCCCCCCCCCCCCC. The van der Waals surface area contributed by atoms with E-state index in [0.717, 1.165) is 25.9 Å². The number of carbonyl (C=O) groups excluding carboxylic acids is 1. The average Bonchev–Trinajstić information content (AvgIpc) is 2.98. The lowest BCUT2D eigenvalue weighted by atomic mass is 10.0. The summed E-state index contributed by atoms with van der Waals surface area (Å²) in [5.41, 5.74) is 0. The zero-order valence-corrected chi connectivity index (χ0v) is 29.6. The Bertz CT molecular complexity index is 499. The van der Waals surface area contributed by atoms with E-state index < -0.39 is 0 Å². The lowest BCUT2D eigenvalue weighted by molar-refractivity contribution is -0.150. The molecule has 4 heteroatoms. The highest BCUT2D eigenvalue weighted by molar-refractivity contribution is 9.09. The summed E-state index contributed by atoms with van der Waals surface area (Å²) in [6, 6.07) is 0. The lowest BCUT2D eigenvalue weighted by Gasteiger charge is -2.16. The smallest absolute Gasteiger partial charge is 0.306 e. The molecule has 0 aliphatic rings. The topological polar surface area (TPSA) is 35.5 Å². The molecule has 246 valence electrons. The van der Waals surface area contributed by atoms with Gasteiger partial charge in [0.1, 0.15) is 6.10 Å². The van der Waals surface area contributed by atoms with E-state index in [2.05, 4.69) is 29.8 Å². The molecule has 0 aromatic carbocycles. The monoisotopic (exact) mass is 644 g/mol. The van der Waals surface area contributed by atoms with E-state index >= 15 is 0 Å². The molecule has 0 aromatic heterocycles. The molecule has 1 atom stereocenters. The first-order valence-electron chi connectivity index (χ1n) is 18.6. The van der Waals surface area contributed by atoms with Crippen molar-refractivity contribution in [2.45, 2.75) is 213 Å². The minimum Gasteiger partial charge on any atom is -0.459 e. The zero-order valence-electron chi connectivity index (χ0n) is 28.0. The minimum atomic E-state index is -0.162. The van der Waals surface area contributed by atoms with Crippen molar-refractivity contribution in [3.05, 3.63) is 0 Å². The van der Waals surface area contributed by atoms with E-state index in [1.165, 1.54) is 167 Å². The van der Waals surface area contributed by atoms with Crippen molar-refractivity contribution in [2.75, 3.05) is 18.5 Å². The molecule has 0 saturated heterocycles. The molecule has 0 fully saturated rings. The first kappa shape index (κ1) is 40.9. The number of ether oxygens (including phenoxy) is 2. The molecule has 0 heterocycles. The van der Waals surface area contributed by atoms with E-state index in [-0.39, 0.29) is 12.1 Å². The average molecular weight is 646 g/mol. The van der Waals surface area contributed by atoms with Gasteiger partial charge in [-0.2, -0.15) is 0 Å². The van der Waals surface area contributed by atoms with E-state index in [9.17, 15) is 4.79 Å². The fraction of sp³-hybridized carbons (Fsp3) is 0.973. The molecule has 3 nitrogen and oxygen atoms in total. The first-order valence-corrected chi connectivity index (χ1v) is 19.7. The summed E-state index contributed by atoms with van der Waals surface area (Å²) in [5.74, 6) is -0.0655. The Morgan fingerprint density at radius 1 is 0.488 bits per heavy atom. The lowest BCUT2D eigenvalue weighted by Crippen LogP contribution is -2.25. The molecular formula is C37H73BrO3. The molecule has 0 N–H and O–H groups in total. The van der Waals surface area contributed by atoms with Gasteiger partial charge < -0.3 is 9.47 Å². The van der Waals surface area contributed by atoms with Crippen LogP contribution in [-0.2, 0) is 14.3 Å². The molecule has 0 spiro atoms. The van der Waals surface area contributed by atoms with Crippen molar-refractivity contribution in [2.24, 2.45) is 0 Å².